The fourth-order valence-electron chi connectivity index (χ4n) is 2.18. The average molecular weight is 356 g/mol. The first-order valence-electron chi connectivity index (χ1n) is 6.32. The first-order valence-corrected chi connectivity index (χ1v) is 7.93. The van der Waals surface area contributed by atoms with E-state index in [4.69, 9.17) is 5.73 Å². The summed E-state index contributed by atoms with van der Waals surface area (Å²) in [7, 11) is 3.96. The van der Waals surface area contributed by atoms with Crippen LogP contribution in [0, 0.1) is 0 Å². The van der Waals surface area contributed by atoms with Crippen LogP contribution < -0.4 is 11.1 Å². The van der Waals surface area contributed by atoms with Gasteiger partial charge in [-0.15, -0.1) is 11.3 Å². The fourth-order valence-corrected chi connectivity index (χ4v) is 3.94. The van der Waals surface area contributed by atoms with Crippen molar-refractivity contribution in [3.8, 4) is 0 Å². The molecule has 1 atom stereocenters. The Bertz CT molecular complexity index is 639. The van der Waals surface area contributed by atoms with Crippen LogP contribution in [-0.2, 0) is 0 Å². The van der Waals surface area contributed by atoms with E-state index in [1.165, 1.54) is 11.3 Å². The summed E-state index contributed by atoms with van der Waals surface area (Å²) in [5, 5.41) is 3.90. The first kappa shape index (κ1) is 15.3. The van der Waals surface area contributed by atoms with Crippen molar-refractivity contribution in [1.82, 2.24) is 10.2 Å². The number of nitrogen functional groups attached to an aromatic ring is 1. The van der Waals surface area contributed by atoms with Gasteiger partial charge in [-0.3, -0.25) is 4.79 Å². The lowest BCUT2D eigenvalue weighted by atomic mass is 10.2. The number of nitrogens with two attached hydrogens (primary N) is 1. The first-order chi connectivity index (χ1) is 9.40. The van der Waals surface area contributed by atoms with Crippen molar-refractivity contribution >= 4 is 48.9 Å². The van der Waals surface area contributed by atoms with Crippen LogP contribution in [0.15, 0.2) is 22.7 Å². The lowest BCUT2D eigenvalue weighted by Crippen LogP contribution is -2.39. The number of thiophene rings is 1. The van der Waals surface area contributed by atoms with Gasteiger partial charge in [-0.2, -0.15) is 0 Å². The van der Waals surface area contributed by atoms with Gasteiger partial charge in [0.2, 0.25) is 0 Å². The van der Waals surface area contributed by atoms with E-state index in [0.717, 1.165) is 21.1 Å². The number of carbonyl (C=O) groups is 1. The Morgan fingerprint density at radius 2 is 2.20 bits per heavy atom. The smallest absolute Gasteiger partial charge is 0.263 e. The highest BCUT2D eigenvalue weighted by molar-refractivity contribution is 9.10. The lowest BCUT2D eigenvalue weighted by Gasteiger charge is -2.17. The van der Waals surface area contributed by atoms with E-state index in [2.05, 4.69) is 21.2 Å². The number of nitrogens with one attached hydrogen (secondary N) is 1. The molecule has 1 heterocycles. The fraction of sp³-hybridized carbons (Fsp3) is 0.357. The molecule has 6 heteroatoms. The van der Waals surface area contributed by atoms with Crippen LogP contribution in [0.25, 0.3) is 10.1 Å². The molecule has 0 bridgehead atoms. The number of halogens is 1. The predicted octanol–water partition coefficient (Wildman–Crippen LogP) is 2.93. The normalized spacial score (nSPS) is 12.8. The van der Waals surface area contributed by atoms with Crippen LogP contribution in [-0.4, -0.2) is 37.5 Å². The summed E-state index contributed by atoms with van der Waals surface area (Å²) < 4.78 is 1.94. The highest BCUT2D eigenvalue weighted by Gasteiger charge is 2.19. The molecule has 0 saturated heterocycles. The molecule has 2 aromatic rings. The molecule has 1 aromatic heterocycles. The summed E-state index contributed by atoms with van der Waals surface area (Å²) in [5.41, 5.74) is 6.68. The second kappa shape index (κ2) is 6.11. The Kier molecular flexibility index (Phi) is 4.67. The number of hydrogen-bond donors (Lipinski definition) is 2. The van der Waals surface area contributed by atoms with Gasteiger partial charge in [0.05, 0.1) is 5.69 Å². The standard InChI is InChI=1S/C14H18BrN3OS/c1-8(7-18(2)3)17-14(19)13-12(16)11-9(15)5-4-6-10(11)20-13/h4-6,8H,7,16H2,1-3H3,(H,17,19). The Morgan fingerprint density at radius 1 is 1.50 bits per heavy atom. The molecule has 0 saturated carbocycles. The van der Waals surface area contributed by atoms with Crippen molar-refractivity contribution < 1.29 is 4.79 Å². The van der Waals surface area contributed by atoms with Crippen LogP contribution in [0.5, 0.6) is 0 Å². The summed E-state index contributed by atoms with van der Waals surface area (Å²) in [5.74, 6) is -0.107. The number of anilines is 1. The summed E-state index contributed by atoms with van der Waals surface area (Å²) >= 11 is 4.91. The second-order valence-electron chi connectivity index (χ2n) is 5.09. The zero-order valence-corrected chi connectivity index (χ0v) is 14.1. The number of likely N-dealkylation sites (N-methyl/N-ethyl adjacent to an activating group) is 1. The molecule has 4 nitrogen and oxygen atoms in total. The summed E-state index contributed by atoms with van der Waals surface area (Å²) in [6.07, 6.45) is 0. The molecule has 0 fully saturated rings. The molecular formula is C14H18BrN3OS. The summed E-state index contributed by atoms with van der Waals surface area (Å²) in [4.78, 5) is 14.9. The van der Waals surface area contributed by atoms with Gasteiger partial charge in [-0.05, 0) is 33.2 Å². The number of rotatable bonds is 4. The van der Waals surface area contributed by atoms with Crippen LogP contribution >= 0.6 is 27.3 Å². The zero-order valence-electron chi connectivity index (χ0n) is 11.7. The maximum Gasteiger partial charge on any atom is 0.263 e. The highest BCUT2D eigenvalue weighted by Crippen LogP contribution is 2.38. The van der Waals surface area contributed by atoms with E-state index in [0.29, 0.717) is 10.6 Å². The molecule has 0 aliphatic rings. The van der Waals surface area contributed by atoms with Crippen molar-refractivity contribution in [2.75, 3.05) is 26.4 Å². The van der Waals surface area contributed by atoms with Crippen LogP contribution in [0.3, 0.4) is 0 Å². The maximum absolute atomic E-state index is 12.3. The lowest BCUT2D eigenvalue weighted by molar-refractivity contribution is 0.0939. The third-order valence-corrected chi connectivity index (χ3v) is 4.75. The van der Waals surface area contributed by atoms with E-state index in [9.17, 15) is 4.79 Å². The van der Waals surface area contributed by atoms with Crippen molar-refractivity contribution in [1.29, 1.82) is 0 Å². The van der Waals surface area contributed by atoms with E-state index >= 15 is 0 Å². The number of fused-ring (bicyclic) bond motifs is 1. The predicted molar refractivity (Wildman–Crippen MR) is 89.4 cm³/mol. The Hall–Kier alpha value is -1.11. The summed E-state index contributed by atoms with van der Waals surface area (Å²) in [6.45, 7) is 2.78. The quantitative estimate of drug-likeness (QED) is 0.886. The SMILES string of the molecule is CC(CN(C)C)NC(=O)c1sc2cccc(Br)c2c1N. The summed E-state index contributed by atoms with van der Waals surface area (Å²) in [6, 6.07) is 5.92. The Labute approximate surface area is 131 Å². The third-order valence-electron chi connectivity index (χ3n) is 2.92. The number of benzene rings is 1. The molecule has 0 aliphatic carbocycles. The molecule has 108 valence electrons. The van der Waals surface area contributed by atoms with Gasteiger partial charge >= 0.3 is 0 Å². The van der Waals surface area contributed by atoms with Crippen LogP contribution in [0.2, 0.25) is 0 Å². The third kappa shape index (κ3) is 3.13. The van der Waals surface area contributed by atoms with Crippen LogP contribution in [0.1, 0.15) is 16.6 Å². The minimum absolute atomic E-state index is 0.0746. The van der Waals surface area contributed by atoms with E-state index in [-0.39, 0.29) is 11.9 Å². The largest absolute Gasteiger partial charge is 0.397 e. The average Bonchev–Trinajstić information content (AvgIpc) is 2.67. The Morgan fingerprint density at radius 3 is 2.80 bits per heavy atom. The van der Waals surface area contributed by atoms with Gasteiger partial charge in [0, 0.05) is 27.1 Å². The zero-order chi connectivity index (χ0) is 14.9. The van der Waals surface area contributed by atoms with Gasteiger partial charge in [-0.1, -0.05) is 22.0 Å². The van der Waals surface area contributed by atoms with E-state index in [1.807, 2.05) is 44.1 Å². The van der Waals surface area contributed by atoms with Crippen molar-refractivity contribution in [2.24, 2.45) is 0 Å². The van der Waals surface area contributed by atoms with Gasteiger partial charge in [-0.25, -0.2) is 0 Å². The molecule has 1 amide bonds. The van der Waals surface area contributed by atoms with Crippen molar-refractivity contribution in [3.05, 3.63) is 27.5 Å². The maximum atomic E-state index is 12.3. The van der Waals surface area contributed by atoms with Gasteiger partial charge in [0.15, 0.2) is 0 Å². The minimum atomic E-state index is -0.107. The molecule has 0 aliphatic heterocycles. The second-order valence-corrected chi connectivity index (χ2v) is 7.00. The highest BCUT2D eigenvalue weighted by atomic mass is 79.9. The van der Waals surface area contributed by atoms with Gasteiger partial charge < -0.3 is 16.0 Å². The molecule has 0 radical (unpaired) electrons. The number of amides is 1. The number of carbonyl (C=O) groups excluding carboxylic acids is 1. The topological polar surface area (TPSA) is 58.4 Å². The van der Waals surface area contributed by atoms with E-state index < -0.39 is 0 Å². The molecular weight excluding hydrogens is 338 g/mol. The molecule has 1 unspecified atom stereocenters. The Balaban J connectivity index is 2.27. The van der Waals surface area contributed by atoms with Gasteiger partial charge in [0.25, 0.3) is 5.91 Å². The molecule has 1 aromatic carbocycles. The number of hydrogen-bond acceptors (Lipinski definition) is 4. The minimum Gasteiger partial charge on any atom is -0.397 e. The van der Waals surface area contributed by atoms with Crippen molar-refractivity contribution in [2.45, 2.75) is 13.0 Å². The van der Waals surface area contributed by atoms with E-state index in [1.54, 1.807) is 0 Å². The van der Waals surface area contributed by atoms with Gasteiger partial charge in [0.1, 0.15) is 4.88 Å². The van der Waals surface area contributed by atoms with Crippen molar-refractivity contribution in [3.63, 3.8) is 0 Å². The number of nitrogens with zero attached hydrogens (tertiary/aromatic N) is 1. The van der Waals surface area contributed by atoms with Crippen LogP contribution in [0.4, 0.5) is 5.69 Å². The molecule has 20 heavy (non-hydrogen) atoms. The monoisotopic (exact) mass is 355 g/mol. The molecule has 2 rings (SSSR count). The molecule has 3 N–H and O–H groups in total. The molecule has 0 spiro atoms.